The van der Waals surface area contributed by atoms with Crippen molar-refractivity contribution in [1.82, 2.24) is 0 Å². The standard InChI is InChI=1S/C25H30O14/c1-12(26)34-11-19-22(35-13(2)27)23(36-14(3)28)24(37-15(4)29)25(38-19)39-21-17(32-5)9-16(7-8-20(30)31)10-18(21)33-6/h7-10,19,22-25H,11H2,1-6H3,(H,30,31)/b8-7+/t19-,22+,23+,24-,25+/m1/s1/i8+1,20+1. The Hall–Kier alpha value is -4.33. The van der Waals surface area contributed by atoms with E-state index < -0.39 is 67.2 Å². The average molecular weight is 556 g/mol. The monoisotopic (exact) mass is 556 g/mol. The molecule has 14 nitrogen and oxygen atoms in total. The molecule has 1 aliphatic rings. The van der Waals surface area contributed by atoms with Crippen LogP contribution in [0.1, 0.15) is 33.3 Å². The molecular formula is C25H30O14. The number of esters is 4. The summed E-state index contributed by atoms with van der Waals surface area (Å²) in [6.07, 6.45) is -4.83. The molecule has 214 valence electrons. The largest absolute Gasteiger partial charge is 0.493 e. The van der Waals surface area contributed by atoms with Crippen LogP contribution in [0.3, 0.4) is 0 Å². The highest BCUT2D eigenvalue weighted by Crippen LogP contribution is 2.41. The number of carboxylic acids is 1. The van der Waals surface area contributed by atoms with Crippen LogP contribution in [0.2, 0.25) is 0 Å². The molecule has 0 unspecified atom stereocenters. The number of aliphatic carboxylic acids is 1. The Balaban J connectivity index is 2.62. The first-order chi connectivity index (χ1) is 18.4. The summed E-state index contributed by atoms with van der Waals surface area (Å²) in [4.78, 5) is 58.3. The van der Waals surface area contributed by atoms with Gasteiger partial charge in [-0.1, -0.05) is 0 Å². The van der Waals surface area contributed by atoms with Crippen molar-refractivity contribution in [2.75, 3.05) is 20.8 Å². The maximum atomic E-state index is 12.0. The van der Waals surface area contributed by atoms with Gasteiger partial charge >= 0.3 is 29.8 Å². The Labute approximate surface area is 223 Å². The summed E-state index contributed by atoms with van der Waals surface area (Å²) in [6.45, 7) is 4.01. The smallest absolute Gasteiger partial charge is 0.328 e. The summed E-state index contributed by atoms with van der Waals surface area (Å²) >= 11 is 0. The second kappa shape index (κ2) is 14.0. The van der Waals surface area contributed by atoms with E-state index in [1.54, 1.807) is 0 Å². The minimum absolute atomic E-state index is 0.0478. The van der Waals surface area contributed by atoms with E-state index in [9.17, 15) is 24.0 Å². The number of ether oxygens (including phenoxy) is 8. The molecule has 1 aromatic rings. The second-order valence-corrected chi connectivity index (χ2v) is 8.11. The highest BCUT2D eigenvalue weighted by molar-refractivity contribution is 5.85. The van der Waals surface area contributed by atoms with Gasteiger partial charge in [0.05, 0.1) is 14.2 Å². The zero-order chi connectivity index (χ0) is 29.3. The molecule has 0 bridgehead atoms. The van der Waals surface area contributed by atoms with Crippen molar-refractivity contribution in [2.45, 2.75) is 58.4 Å². The first kappa shape index (κ1) is 30.9. The molecule has 14 heteroatoms. The van der Waals surface area contributed by atoms with Gasteiger partial charge in [-0.15, -0.1) is 0 Å². The van der Waals surface area contributed by atoms with E-state index in [1.807, 2.05) is 0 Å². The predicted molar refractivity (Wildman–Crippen MR) is 129 cm³/mol. The third-order valence-electron chi connectivity index (χ3n) is 5.08. The lowest BCUT2D eigenvalue weighted by Gasteiger charge is -2.44. The van der Waals surface area contributed by atoms with Gasteiger partial charge in [-0.2, -0.15) is 0 Å². The minimum Gasteiger partial charge on any atom is -0.493 e. The van der Waals surface area contributed by atoms with Gasteiger partial charge in [0.1, 0.15) is 12.7 Å². The quantitative estimate of drug-likeness (QED) is 0.178. The van der Waals surface area contributed by atoms with Gasteiger partial charge in [-0.25, -0.2) is 4.79 Å². The van der Waals surface area contributed by atoms with Crippen molar-refractivity contribution < 1.29 is 67.0 Å². The number of carbonyl (C=O) groups is 5. The fraction of sp³-hybridized carbons (Fsp3) is 0.480. The number of hydrogen-bond acceptors (Lipinski definition) is 13. The van der Waals surface area contributed by atoms with Gasteiger partial charge < -0.3 is 43.0 Å². The number of carboxylic acid groups (broad SMARTS) is 1. The van der Waals surface area contributed by atoms with Crippen molar-refractivity contribution in [3.05, 3.63) is 23.8 Å². The zero-order valence-electron chi connectivity index (χ0n) is 22.2. The van der Waals surface area contributed by atoms with E-state index >= 15 is 0 Å². The highest BCUT2D eigenvalue weighted by atomic mass is 16.7. The van der Waals surface area contributed by atoms with E-state index in [1.165, 1.54) is 32.4 Å². The molecule has 0 radical (unpaired) electrons. The van der Waals surface area contributed by atoms with Crippen molar-refractivity contribution in [1.29, 1.82) is 0 Å². The Bertz CT molecular complexity index is 1080. The molecule has 1 heterocycles. The number of hydrogen-bond donors (Lipinski definition) is 1. The first-order valence-corrected chi connectivity index (χ1v) is 11.5. The third-order valence-corrected chi connectivity index (χ3v) is 5.08. The topological polar surface area (TPSA) is 179 Å². The third kappa shape index (κ3) is 8.88. The molecular weight excluding hydrogens is 526 g/mol. The van der Waals surface area contributed by atoms with Crippen LogP contribution >= 0.6 is 0 Å². The molecule has 0 aliphatic carbocycles. The van der Waals surface area contributed by atoms with Crippen LogP contribution in [-0.2, 0) is 47.7 Å². The van der Waals surface area contributed by atoms with Crippen LogP contribution in [-0.4, -0.2) is 86.5 Å². The van der Waals surface area contributed by atoms with Crippen molar-refractivity contribution in [3.8, 4) is 17.2 Å². The second-order valence-electron chi connectivity index (χ2n) is 8.11. The van der Waals surface area contributed by atoms with Gasteiger partial charge in [-0.05, 0) is 23.8 Å². The van der Waals surface area contributed by atoms with E-state index in [-0.39, 0.29) is 17.2 Å². The lowest BCUT2D eigenvalue weighted by atomic mass is 9.98. The van der Waals surface area contributed by atoms with Gasteiger partial charge in [0.15, 0.2) is 23.7 Å². The lowest BCUT2D eigenvalue weighted by molar-refractivity contribution is -0.288. The average Bonchev–Trinajstić information content (AvgIpc) is 2.84. The summed E-state index contributed by atoms with van der Waals surface area (Å²) in [7, 11) is 2.64. The minimum atomic E-state index is -1.53. The highest BCUT2D eigenvalue weighted by Gasteiger charge is 2.53. The summed E-state index contributed by atoms with van der Waals surface area (Å²) < 4.78 is 43.9. The van der Waals surface area contributed by atoms with Gasteiger partial charge in [0.2, 0.25) is 18.1 Å². The summed E-state index contributed by atoms with van der Waals surface area (Å²) in [5.74, 6) is -4.12. The SMILES string of the molecule is COc1cc(/C=[13CH]/[13C](=O)O)cc(OC)c1O[C@@H]1O[C@H](COC(C)=O)[C@H](OC(C)=O)[C@H](OC(C)=O)[C@H]1OC(C)=O. The zero-order valence-corrected chi connectivity index (χ0v) is 22.2. The number of benzene rings is 1. The van der Waals surface area contributed by atoms with Crippen molar-refractivity contribution >= 4 is 35.9 Å². The van der Waals surface area contributed by atoms with Crippen LogP contribution in [0.5, 0.6) is 17.2 Å². The maximum Gasteiger partial charge on any atom is 0.328 e. The molecule has 1 N–H and O–H groups in total. The summed E-state index contributed by atoms with van der Waals surface area (Å²) in [5.41, 5.74) is 0.389. The van der Waals surface area contributed by atoms with E-state index in [4.69, 9.17) is 43.0 Å². The van der Waals surface area contributed by atoms with E-state index in [0.717, 1.165) is 33.8 Å². The predicted octanol–water partition coefficient (Wildman–Crippen LogP) is 1.26. The Morgan fingerprint density at radius 1 is 0.821 bits per heavy atom. The Kier molecular flexibility index (Phi) is 11.1. The molecule has 1 aliphatic heterocycles. The maximum absolute atomic E-state index is 12.0. The molecule has 1 saturated heterocycles. The van der Waals surface area contributed by atoms with Crippen LogP contribution in [0.4, 0.5) is 0 Å². The molecule has 2 rings (SSSR count). The summed E-state index contributed by atoms with van der Waals surface area (Å²) in [5, 5.41) is 8.94. The molecule has 1 fully saturated rings. The Morgan fingerprint density at radius 2 is 1.33 bits per heavy atom. The van der Waals surface area contributed by atoms with Crippen molar-refractivity contribution in [3.63, 3.8) is 0 Å². The molecule has 5 atom stereocenters. The van der Waals surface area contributed by atoms with Crippen LogP contribution in [0.15, 0.2) is 18.2 Å². The fourth-order valence-corrected chi connectivity index (χ4v) is 3.68. The fourth-order valence-electron chi connectivity index (χ4n) is 3.68. The molecule has 0 saturated carbocycles. The van der Waals surface area contributed by atoms with E-state index in [2.05, 4.69) is 0 Å². The molecule has 0 spiro atoms. The van der Waals surface area contributed by atoms with Gasteiger partial charge in [-0.3, -0.25) is 19.2 Å². The van der Waals surface area contributed by atoms with Gasteiger partial charge in [0, 0.05) is 33.8 Å². The van der Waals surface area contributed by atoms with Crippen LogP contribution in [0.25, 0.3) is 6.08 Å². The first-order valence-electron chi connectivity index (χ1n) is 11.5. The van der Waals surface area contributed by atoms with Crippen LogP contribution < -0.4 is 14.2 Å². The normalized spacial score (nSPS) is 22.4. The van der Waals surface area contributed by atoms with E-state index in [0.29, 0.717) is 5.56 Å². The number of rotatable bonds is 11. The number of carbonyl (C=O) groups excluding carboxylic acids is 4. The van der Waals surface area contributed by atoms with Crippen LogP contribution in [0, 0.1) is 0 Å². The lowest BCUT2D eigenvalue weighted by Crippen LogP contribution is -2.63. The molecule has 1 aromatic carbocycles. The molecule has 39 heavy (non-hydrogen) atoms. The molecule has 0 amide bonds. The number of methoxy groups -OCH3 is 2. The summed E-state index contributed by atoms with van der Waals surface area (Å²) in [6, 6.07) is 2.89. The van der Waals surface area contributed by atoms with Gasteiger partial charge in [0.25, 0.3) is 0 Å². The molecule has 0 aromatic heterocycles. The Morgan fingerprint density at radius 3 is 1.79 bits per heavy atom. The van der Waals surface area contributed by atoms with Crippen molar-refractivity contribution in [2.24, 2.45) is 0 Å².